The van der Waals surface area contributed by atoms with Crippen LogP contribution in [0.4, 0.5) is 8.78 Å². The van der Waals surface area contributed by atoms with Crippen molar-refractivity contribution in [2.45, 2.75) is 18.1 Å². The lowest BCUT2D eigenvalue weighted by molar-refractivity contribution is -0.0498. The second-order valence-corrected chi connectivity index (χ2v) is 7.39. The molecule has 2 aromatic rings. The summed E-state index contributed by atoms with van der Waals surface area (Å²) in [5.74, 6) is -0.453. The third-order valence-electron chi connectivity index (χ3n) is 3.61. The van der Waals surface area contributed by atoms with Crippen LogP contribution < -0.4 is 14.8 Å². The Balaban J connectivity index is 1.99. The van der Waals surface area contributed by atoms with E-state index in [0.29, 0.717) is 5.56 Å². The average Bonchev–Trinajstić information content (AvgIpc) is 2.67. The normalized spacial score (nSPS) is 11.4. The maximum atomic E-state index is 12.3. The van der Waals surface area contributed by atoms with Gasteiger partial charge in [-0.25, -0.2) is 13.1 Å². The smallest absolute Gasteiger partial charge is 0.387 e. The molecule has 0 saturated heterocycles. The number of methoxy groups -OCH3 is 1. The van der Waals surface area contributed by atoms with E-state index in [0.717, 1.165) is 0 Å². The van der Waals surface area contributed by atoms with Crippen molar-refractivity contribution in [3.63, 3.8) is 0 Å². The van der Waals surface area contributed by atoms with E-state index in [1.54, 1.807) is 12.1 Å². The molecule has 0 unspecified atom stereocenters. The second-order valence-electron chi connectivity index (χ2n) is 5.62. The predicted octanol–water partition coefficient (Wildman–Crippen LogP) is 2.14. The molecule has 10 heteroatoms. The zero-order valence-electron chi connectivity index (χ0n) is 15.0. The summed E-state index contributed by atoms with van der Waals surface area (Å²) in [5, 5.41) is 2.64. The Kier molecular flexibility index (Phi) is 7.85. The quantitative estimate of drug-likeness (QED) is 0.581. The lowest BCUT2D eigenvalue weighted by Crippen LogP contribution is -2.28. The van der Waals surface area contributed by atoms with E-state index in [1.807, 2.05) is 0 Å². The lowest BCUT2D eigenvalue weighted by atomic mass is 10.2. The maximum Gasteiger partial charge on any atom is 0.387 e. The van der Waals surface area contributed by atoms with Gasteiger partial charge in [0.2, 0.25) is 10.0 Å². The minimum Gasteiger partial charge on any atom is -0.435 e. The zero-order valence-corrected chi connectivity index (χ0v) is 15.8. The molecule has 0 aliphatic rings. The standard InChI is InChI=1S/C18H20F2N2O5S/c1-26-10-9-22-28(24,25)16-4-2-3-14(11-16)17(23)21-12-13-5-7-15(8-6-13)27-18(19)20/h2-8,11,18,22H,9-10,12H2,1H3,(H,21,23). The molecule has 2 N–H and O–H groups in total. The fourth-order valence-electron chi connectivity index (χ4n) is 2.24. The second kappa shape index (κ2) is 10.1. The summed E-state index contributed by atoms with van der Waals surface area (Å²) in [4.78, 5) is 12.3. The summed E-state index contributed by atoms with van der Waals surface area (Å²) in [6, 6.07) is 11.4. The van der Waals surface area contributed by atoms with Crippen molar-refractivity contribution in [2.24, 2.45) is 0 Å². The van der Waals surface area contributed by atoms with Gasteiger partial charge in [-0.2, -0.15) is 8.78 Å². The first-order valence-electron chi connectivity index (χ1n) is 8.22. The van der Waals surface area contributed by atoms with Crippen LogP contribution in [0.5, 0.6) is 5.75 Å². The minimum absolute atomic E-state index is 0.0176. The number of alkyl halides is 2. The van der Waals surface area contributed by atoms with Crippen LogP contribution >= 0.6 is 0 Å². The number of hydrogen-bond acceptors (Lipinski definition) is 5. The molecule has 0 aromatic heterocycles. The SMILES string of the molecule is COCCNS(=O)(=O)c1cccc(C(=O)NCc2ccc(OC(F)F)cc2)c1. The van der Waals surface area contributed by atoms with Crippen LogP contribution in [0.25, 0.3) is 0 Å². The van der Waals surface area contributed by atoms with Crippen molar-refractivity contribution in [1.82, 2.24) is 10.0 Å². The topological polar surface area (TPSA) is 93.7 Å². The average molecular weight is 414 g/mol. The molecule has 0 saturated carbocycles. The fourth-order valence-corrected chi connectivity index (χ4v) is 3.30. The Morgan fingerprint density at radius 3 is 2.50 bits per heavy atom. The summed E-state index contributed by atoms with van der Waals surface area (Å²) >= 11 is 0. The molecular weight excluding hydrogens is 394 g/mol. The molecule has 0 bridgehead atoms. The highest BCUT2D eigenvalue weighted by Crippen LogP contribution is 2.15. The van der Waals surface area contributed by atoms with E-state index in [-0.39, 0.29) is 35.9 Å². The van der Waals surface area contributed by atoms with E-state index in [4.69, 9.17) is 4.74 Å². The largest absolute Gasteiger partial charge is 0.435 e. The van der Waals surface area contributed by atoms with Crippen molar-refractivity contribution in [3.8, 4) is 5.75 Å². The van der Waals surface area contributed by atoms with Gasteiger partial charge in [-0.05, 0) is 35.9 Å². The highest BCUT2D eigenvalue weighted by Gasteiger charge is 2.16. The Morgan fingerprint density at radius 2 is 1.86 bits per heavy atom. The summed E-state index contributed by atoms with van der Waals surface area (Å²) in [5.41, 5.74) is 0.840. The van der Waals surface area contributed by atoms with E-state index in [2.05, 4.69) is 14.8 Å². The zero-order chi connectivity index (χ0) is 20.6. The van der Waals surface area contributed by atoms with Gasteiger partial charge >= 0.3 is 6.61 Å². The van der Waals surface area contributed by atoms with Crippen molar-refractivity contribution in [1.29, 1.82) is 0 Å². The van der Waals surface area contributed by atoms with E-state index >= 15 is 0 Å². The molecule has 0 heterocycles. The van der Waals surface area contributed by atoms with Crippen LogP contribution in [-0.4, -0.2) is 41.2 Å². The van der Waals surface area contributed by atoms with Crippen molar-refractivity contribution in [2.75, 3.05) is 20.3 Å². The predicted molar refractivity (Wildman–Crippen MR) is 97.8 cm³/mol. The lowest BCUT2D eigenvalue weighted by Gasteiger charge is -2.09. The molecule has 0 atom stereocenters. The number of benzene rings is 2. The number of hydrogen-bond donors (Lipinski definition) is 2. The van der Waals surface area contributed by atoms with Crippen LogP contribution in [0.2, 0.25) is 0 Å². The molecule has 0 radical (unpaired) electrons. The molecule has 2 rings (SSSR count). The van der Waals surface area contributed by atoms with E-state index < -0.39 is 22.5 Å². The van der Waals surface area contributed by atoms with Gasteiger partial charge in [-0.15, -0.1) is 0 Å². The number of carbonyl (C=O) groups excluding carboxylic acids is 1. The molecule has 28 heavy (non-hydrogen) atoms. The Labute approximate surface area is 161 Å². The first-order valence-corrected chi connectivity index (χ1v) is 9.71. The first kappa shape index (κ1) is 21.7. The Morgan fingerprint density at radius 1 is 1.14 bits per heavy atom. The fraction of sp³-hybridized carbons (Fsp3) is 0.278. The summed E-state index contributed by atoms with van der Waals surface area (Å²) in [6.45, 7) is -2.43. The maximum absolute atomic E-state index is 12.3. The van der Waals surface area contributed by atoms with Crippen molar-refractivity contribution in [3.05, 3.63) is 59.7 Å². The van der Waals surface area contributed by atoms with E-state index in [9.17, 15) is 22.0 Å². The minimum atomic E-state index is -3.76. The van der Waals surface area contributed by atoms with Crippen LogP contribution in [0.1, 0.15) is 15.9 Å². The third kappa shape index (κ3) is 6.55. The van der Waals surface area contributed by atoms with Crippen LogP contribution in [0.3, 0.4) is 0 Å². The molecular formula is C18H20F2N2O5S. The number of carbonyl (C=O) groups is 1. The molecule has 152 valence electrons. The first-order chi connectivity index (χ1) is 13.3. The van der Waals surface area contributed by atoms with Gasteiger partial charge < -0.3 is 14.8 Å². The molecule has 0 aliphatic carbocycles. The molecule has 0 spiro atoms. The Hall–Kier alpha value is -2.56. The molecule has 1 amide bonds. The van der Waals surface area contributed by atoms with Gasteiger partial charge in [0.15, 0.2) is 0 Å². The van der Waals surface area contributed by atoms with Gasteiger partial charge in [-0.3, -0.25) is 4.79 Å². The van der Waals surface area contributed by atoms with Crippen LogP contribution in [-0.2, 0) is 21.3 Å². The third-order valence-corrected chi connectivity index (χ3v) is 5.07. The van der Waals surface area contributed by atoms with Gasteiger partial charge in [0, 0.05) is 25.8 Å². The van der Waals surface area contributed by atoms with Crippen molar-refractivity contribution >= 4 is 15.9 Å². The highest BCUT2D eigenvalue weighted by atomic mass is 32.2. The summed E-state index contributed by atoms with van der Waals surface area (Å²) < 4.78 is 60.1. The monoisotopic (exact) mass is 414 g/mol. The number of halogens is 2. The molecule has 2 aromatic carbocycles. The van der Waals surface area contributed by atoms with E-state index in [1.165, 1.54) is 43.5 Å². The van der Waals surface area contributed by atoms with Crippen LogP contribution in [0, 0.1) is 0 Å². The number of nitrogens with one attached hydrogen (secondary N) is 2. The van der Waals surface area contributed by atoms with Gasteiger partial charge in [0.1, 0.15) is 5.75 Å². The number of amides is 1. The number of sulfonamides is 1. The van der Waals surface area contributed by atoms with Gasteiger partial charge in [0.25, 0.3) is 5.91 Å². The van der Waals surface area contributed by atoms with Gasteiger partial charge in [0.05, 0.1) is 11.5 Å². The highest BCUT2D eigenvalue weighted by molar-refractivity contribution is 7.89. The van der Waals surface area contributed by atoms with Gasteiger partial charge in [-0.1, -0.05) is 18.2 Å². The molecule has 0 fully saturated rings. The number of rotatable bonds is 10. The van der Waals surface area contributed by atoms with Crippen LogP contribution in [0.15, 0.2) is 53.4 Å². The van der Waals surface area contributed by atoms with Crippen molar-refractivity contribution < 1.29 is 31.5 Å². The summed E-state index contributed by atoms with van der Waals surface area (Å²) in [7, 11) is -2.30. The molecule has 0 aliphatic heterocycles. The summed E-state index contributed by atoms with van der Waals surface area (Å²) in [6.07, 6.45) is 0. The molecule has 7 nitrogen and oxygen atoms in total. The number of ether oxygens (including phenoxy) is 2. The Bertz CT molecular complexity index is 889.